The standard InChI is InChI=1S/C14H27BO5/c1-13(2,16)14(3,4)20-15(17)9-7-11-19-12-8-5-6-10-18-12/h7,9,12,16-17H,5-6,8,10-11H2,1-4H3/b9-7+/t12-/m0/s1. The second kappa shape index (κ2) is 7.57. The van der Waals surface area contributed by atoms with E-state index < -0.39 is 18.3 Å². The molecule has 1 rings (SSSR count). The first kappa shape index (κ1) is 17.7. The summed E-state index contributed by atoms with van der Waals surface area (Å²) in [6.45, 7) is 7.88. The topological polar surface area (TPSA) is 68.2 Å². The van der Waals surface area contributed by atoms with E-state index in [9.17, 15) is 10.1 Å². The van der Waals surface area contributed by atoms with Gasteiger partial charge in [-0.15, -0.1) is 0 Å². The molecule has 1 aliphatic heterocycles. The molecule has 0 aromatic rings. The van der Waals surface area contributed by atoms with E-state index in [0.717, 1.165) is 25.9 Å². The molecule has 1 aliphatic rings. The fourth-order valence-corrected chi connectivity index (χ4v) is 1.66. The minimum absolute atomic E-state index is 0.140. The molecular weight excluding hydrogens is 259 g/mol. The second-order valence-corrected chi connectivity index (χ2v) is 6.14. The van der Waals surface area contributed by atoms with Gasteiger partial charge in [-0.1, -0.05) is 12.1 Å². The van der Waals surface area contributed by atoms with Gasteiger partial charge in [-0.3, -0.25) is 0 Å². The van der Waals surface area contributed by atoms with Crippen LogP contribution in [-0.2, 0) is 14.1 Å². The maximum atomic E-state index is 9.93. The zero-order chi connectivity index (χ0) is 15.2. The van der Waals surface area contributed by atoms with Crippen LogP contribution in [0, 0.1) is 0 Å². The first-order valence-corrected chi connectivity index (χ1v) is 7.20. The van der Waals surface area contributed by atoms with Gasteiger partial charge in [0.05, 0.1) is 17.8 Å². The SMILES string of the molecule is CC(C)(O)C(C)(C)OB(O)/C=C/CO[C@H]1CCCCO1. The molecule has 0 aromatic carbocycles. The van der Waals surface area contributed by atoms with Gasteiger partial charge in [-0.05, 0) is 47.0 Å². The summed E-state index contributed by atoms with van der Waals surface area (Å²) in [6.07, 6.45) is 4.69. The summed E-state index contributed by atoms with van der Waals surface area (Å²) in [7, 11) is -1.08. The average molecular weight is 286 g/mol. The van der Waals surface area contributed by atoms with E-state index in [1.165, 1.54) is 5.98 Å². The van der Waals surface area contributed by atoms with Crippen molar-refractivity contribution in [3.63, 3.8) is 0 Å². The third-order valence-electron chi connectivity index (χ3n) is 3.71. The van der Waals surface area contributed by atoms with Crippen LogP contribution in [0.15, 0.2) is 12.1 Å². The summed E-state index contributed by atoms with van der Waals surface area (Å²) < 4.78 is 16.4. The van der Waals surface area contributed by atoms with Crippen LogP contribution in [0.4, 0.5) is 0 Å². The molecule has 0 aliphatic carbocycles. The first-order chi connectivity index (χ1) is 9.22. The number of hydrogen-bond acceptors (Lipinski definition) is 5. The third-order valence-corrected chi connectivity index (χ3v) is 3.71. The lowest BCUT2D eigenvalue weighted by Crippen LogP contribution is -2.50. The van der Waals surface area contributed by atoms with Gasteiger partial charge < -0.3 is 24.3 Å². The zero-order valence-electron chi connectivity index (χ0n) is 13.0. The molecule has 0 radical (unpaired) electrons. The largest absolute Gasteiger partial charge is 0.483 e. The van der Waals surface area contributed by atoms with Gasteiger partial charge in [-0.25, -0.2) is 0 Å². The van der Waals surface area contributed by atoms with E-state index in [1.54, 1.807) is 33.8 Å². The molecule has 2 N–H and O–H groups in total. The van der Waals surface area contributed by atoms with E-state index in [0.29, 0.717) is 6.61 Å². The fourth-order valence-electron chi connectivity index (χ4n) is 1.66. The Balaban J connectivity index is 2.27. The van der Waals surface area contributed by atoms with E-state index in [-0.39, 0.29) is 6.29 Å². The molecule has 1 fully saturated rings. The number of ether oxygens (including phenoxy) is 2. The highest BCUT2D eigenvalue weighted by Crippen LogP contribution is 2.25. The molecule has 116 valence electrons. The van der Waals surface area contributed by atoms with Crippen LogP contribution in [0.3, 0.4) is 0 Å². The lowest BCUT2D eigenvalue weighted by Gasteiger charge is -2.38. The summed E-state index contributed by atoms with van der Waals surface area (Å²) in [5.74, 6) is 1.51. The van der Waals surface area contributed by atoms with Crippen molar-refractivity contribution in [3.8, 4) is 0 Å². The molecule has 0 bridgehead atoms. The first-order valence-electron chi connectivity index (χ1n) is 7.20. The Kier molecular flexibility index (Phi) is 6.68. The highest BCUT2D eigenvalue weighted by atomic mass is 16.7. The summed E-state index contributed by atoms with van der Waals surface area (Å²) >= 11 is 0. The van der Waals surface area contributed by atoms with Crippen LogP contribution in [-0.4, -0.2) is 48.0 Å². The van der Waals surface area contributed by atoms with E-state index >= 15 is 0 Å². The number of rotatable bonds is 7. The van der Waals surface area contributed by atoms with Crippen molar-refractivity contribution < 1.29 is 24.3 Å². The second-order valence-electron chi connectivity index (χ2n) is 6.14. The predicted molar refractivity (Wildman–Crippen MR) is 78.1 cm³/mol. The Hall–Kier alpha value is -0.395. The van der Waals surface area contributed by atoms with Gasteiger partial charge in [0.25, 0.3) is 0 Å². The van der Waals surface area contributed by atoms with Crippen molar-refractivity contribution >= 4 is 7.12 Å². The van der Waals surface area contributed by atoms with Crippen LogP contribution >= 0.6 is 0 Å². The molecule has 1 atom stereocenters. The highest BCUT2D eigenvalue weighted by Gasteiger charge is 2.38. The average Bonchev–Trinajstić information content (AvgIpc) is 2.34. The molecule has 0 aromatic heterocycles. The normalized spacial score (nSPS) is 21.4. The molecular formula is C14H27BO5. The van der Waals surface area contributed by atoms with Crippen molar-refractivity contribution in [1.82, 2.24) is 0 Å². The summed E-state index contributed by atoms with van der Waals surface area (Å²) in [6, 6.07) is 0. The summed E-state index contributed by atoms with van der Waals surface area (Å²) in [4.78, 5) is 0. The molecule has 1 heterocycles. The van der Waals surface area contributed by atoms with Crippen LogP contribution < -0.4 is 0 Å². The lowest BCUT2D eigenvalue weighted by molar-refractivity contribution is -0.155. The van der Waals surface area contributed by atoms with Crippen LogP contribution in [0.5, 0.6) is 0 Å². The molecule has 1 saturated heterocycles. The summed E-state index contributed by atoms with van der Waals surface area (Å²) in [5.41, 5.74) is -1.90. The molecule has 0 unspecified atom stereocenters. The number of hydrogen-bond donors (Lipinski definition) is 2. The van der Waals surface area contributed by atoms with Crippen molar-refractivity contribution in [2.75, 3.05) is 13.2 Å². The molecule has 5 nitrogen and oxygen atoms in total. The van der Waals surface area contributed by atoms with Gasteiger partial charge in [0.1, 0.15) is 0 Å². The smallest absolute Gasteiger partial charge is 0.423 e. The van der Waals surface area contributed by atoms with Crippen molar-refractivity contribution in [3.05, 3.63) is 12.1 Å². The monoisotopic (exact) mass is 286 g/mol. The fraction of sp³-hybridized carbons (Fsp3) is 0.857. The van der Waals surface area contributed by atoms with Gasteiger partial charge in [0, 0.05) is 6.61 Å². The van der Waals surface area contributed by atoms with Crippen molar-refractivity contribution in [2.45, 2.75) is 64.4 Å². The zero-order valence-corrected chi connectivity index (χ0v) is 13.0. The van der Waals surface area contributed by atoms with Crippen molar-refractivity contribution in [1.29, 1.82) is 0 Å². The minimum atomic E-state index is -1.08. The van der Waals surface area contributed by atoms with Crippen LogP contribution in [0.1, 0.15) is 47.0 Å². The maximum absolute atomic E-state index is 9.93. The Morgan fingerprint density at radius 3 is 2.55 bits per heavy atom. The Morgan fingerprint density at radius 1 is 1.30 bits per heavy atom. The minimum Gasteiger partial charge on any atom is -0.423 e. The molecule has 0 saturated carbocycles. The van der Waals surface area contributed by atoms with E-state index in [2.05, 4.69) is 0 Å². The quantitative estimate of drug-likeness (QED) is 0.697. The Bertz CT molecular complexity index is 305. The number of aliphatic hydroxyl groups is 1. The highest BCUT2D eigenvalue weighted by molar-refractivity contribution is 6.49. The van der Waals surface area contributed by atoms with E-state index in [1.807, 2.05) is 0 Å². The van der Waals surface area contributed by atoms with Crippen LogP contribution in [0.2, 0.25) is 0 Å². The third kappa shape index (κ3) is 5.93. The molecule has 20 heavy (non-hydrogen) atoms. The van der Waals surface area contributed by atoms with Gasteiger partial charge in [0.15, 0.2) is 6.29 Å². The Morgan fingerprint density at radius 2 is 2.00 bits per heavy atom. The van der Waals surface area contributed by atoms with Gasteiger partial charge in [-0.2, -0.15) is 0 Å². The van der Waals surface area contributed by atoms with Crippen LogP contribution in [0.25, 0.3) is 0 Å². The maximum Gasteiger partial charge on any atom is 0.483 e. The van der Waals surface area contributed by atoms with Crippen molar-refractivity contribution in [2.24, 2.45) is 0 Å². The summed E-state index contributed by atoms with van der Waals surface area (Å²) in [5, 5.41) is 19.7. The molecule has 0 amide bonds. The van der Waals surface area contributed by atoms with Gasteiger partial charge >= 0.3 is 7.12 Å². The van der Waals surface area contributed by atoms with Gasteiger partial charge in [0.2, 0.25) is 0 Å². The lowest BCUT2D eigenvalue weighted by atomic mass is 9.83. The Labute approximate surface area is 122 Å². The predicted octanol–water partition coefficient (Wildman–Crippen LogP) is 1.67. The molecule has 0 spiro atoms. The molecule has 6 heteroatoms. The van der Waals surface area contributed by atoms with E-state index in [4.69, 9.17) is 14.1 Å².